The standard InChI is InChI=1S/C11H19NO2/c1-8(2)10(13)12-11(14)9-6-4-3-5-7-9/h9,11,14H,1,3-7H2,2H3,(H,12,13). The molecule has 1 rings (SSSR count). The van der Waals surface area contributed by atoms with E-state index in [2.05, 4.69) is 11.9 Å². The minimum Gasteiger partial charge on any atom is -0.373 e. The first-order valence-electron chi connectivity index (χ1n) is 5.25. The molecule has 80 valence electrons. The molecular weight excluding hydrogens is 178 g/mol. The van der Waals surface area contributed by atoms with Gasteiger partial charge in [-0.1, -0.05) is 25.8 Å². The van der Waals surface area contributed by atoms with Gasteiger partial charge in [0.25, 0.3) is 0 Å². The zero-order valence-corrected chi connectivity index (χ0v) is 8.75. The molecule has 3 heteroatoms. The van der Waals surface area contributed by atoms with Gasteiger partial charge in [0.1, 0.15) is 6.23 Å². The van der Waals surface area contributed by atoms with Crippen LogP contribution in [0.2, 0.25) is 0 Å². The first kappa shape index (κ1) is 11.2. The second-order valence-electron chi connectivity index (χ2n) is 4.10. The number of nitrogens with one attached hydrogen (secondary N) is 1. The molecule has 1 atom stereocenters. The molecule has 0 bridgehead atoms. The Labute approximate surface area is 85.2 Å². The Kier molecular flexibility index (Phi) is 4.14. The summed E-state index contributed by atoms with van der Waals surface area (Å²) in [7, 11) is 0. The number of carbonyl (C=O) groups excluding carboxylic acids is 1. The fourth-order valence-corrected chi connectivity index (χ4v) is 1.83. The lowest BCUT2D eigenvalue weighted by atomic mass is 9.88. The van der Waals surface area contributed by atoms with Crippen LogP contribution in [0.25, 0.3) is 0 Å². The summed E-state index contributed by atoms with van der Waals surface area (Å²) in [5.41, 5.74) is 0.444. The molecule has 3 nitrogen and oxygen atoms in total. The summed E-state index contributed by atoms with van der Waals surface area (Å²) in [6.45, 7) is 5.17. The van der Waals surface area contributed by atoms with Crippen LogP contribution in [0.5, 0.6) is 0 Å². The Balaban J connectivity index is 2.36. The monoisotopic (exact) mass is 197 g/mol. The zero-order valence-electron chi connectivity index (χ0n) is 8.75. The second-order valence-corrected chi connectivity index (χ2v) is 4.10. The third-order valence-corrected chi connectivity index (χ3v) is 2.76. The van der Waals surface area contributed by atoms with Crippen molar-refractivity contribution in [3.8, 4) is 0 Å². The van der Waals surface area contributed by atoms with Gasteiger partial charge in [-0.2, -0.15) is 0 Å². The van der Waals surface area contributed by atoms with Gasteiger partial charge in [0.2, 0.25) is 5.91 Å². The highest BCUT2D eigenvalue weighted by Gasteiger charge is 2.22. The van der Waals surface area contributed by atoms with Crippen LogP contribution in [-0.2, 0) is 4.79 Å². The quantitative estimate of drug-likeness (QED) is 0.533. The van der Waals surface area contributed by atoms with Gasteiger partial charge in [0, 0.05) is 11.5 Å². The zero-order chi connectivity index (χ0) is 10.6. The van der Waals surface area contributed by atoms with E-state index >= 15 is 0 Å². The van der Waals surface area contributed by atoms with Gasteiger partial charge in [0.05, 0.1) is 0 Å². The van der Waals surface area contributed by atoms with Crippen LogP contribution < -0.4 is 5.32 Å². The number of aliphatic hydroxyl groups excluding tert-OH is 1. The Hall–Kier alpha value is -0.830. The summed E-state index contributed by atoms with van der Waals surface area (Å²) < 4.78 is 0. The summed E-state index contributed by atoms with van der Waals surface area (Å²) in [5, 5.41) is 12.3. The summed E-state index contributed by atoms with van der Waals surface area (Å²) in [4.78, 5) is 11.2. The number of amides is 1. The number of hydrogen-bond donors (Lipinski definition) is 2. The maximum atomic E-state index is 11.2. The third-order valence-electron chi connectivity index (χ3n) is 2.76. The Morgan fingerprint density at radius 3 is 2.50 bits per heavy atom. The molecule has 2 N–H and O–H groups in total. The smallest absolute Gasteiger partial charge is 0.248 e. The van der Waals surface area contributed by atoms with Gasteiger partial charge in [-0.15, -0.1) is 0 Å². The van der Waals surface area contributed by atoms with E-state index in [1.807, 2.05) is 0 Å². The van der Waals surface area contributed by atoms with Gasteiger partial charge in [-0.3, -0.25) is 4.79 Å². The lowest BCUT2D eigenvalue weighted by molar-refractivity contribution is -0.121. The average molecular weight is 197 g/mol. The van der Waals surface area contributed by atoms with Gasteiger partial charge >= 0.3 is 0 Å². The molecule has 0 aromatic rings. The van der Waals surface area contributed by atoms with Crippen molar-refractivity contribution in [2.45, 2.75) is 45.3 Å². The SMILES string of the molecule is C=C(C)C(=O)NC(O)C1CCCCC1. The van der Waals surface area contributed by atoms with Gasteiger partial charge in [-0.25, -0.2) is 0 Å². The average Bonchev–Trinajstić information content (AvgIpc) is 2.19. The van der Waals surface area contributed by atoms with Crippen LogP contribution in [0, 0.1) is 5.92 Å². The summed E-state index contributed by atoms with van der Waals surface area (Å²) in [5.74, 6) is -0.0184. The van der Waals surface area contributed by atoms with Crippen LogP contribution in [0.4, 0.5) is 0 Å². The van der Waals surface area contributed by atoms with Crippen molar-refractivity contribution < 1.29 is 9.90 Å². The number of rotatable bonds is 3. The fourth-order valence-electron chi connectivity index (χ4n) is 1.83. The van der Waals surface area contributed by atoms with Crippen LogP contribution in [0.15, 0.2) is 12.2 Å². The number of hydrogen-bond acceptors (Lipinski definition) is 2. The number of carbonyl (C=O) groups is 1. The van der Waals surface area contributed by atoms with Crippen LogP contribution >= 0.6 is 0 Å². The van der Waals surface area contributed by atoms with Gasteiger partial charge in [0.15, 0.2) is 0 Å². The van der Waals surface area contributed by atoms with E-state index in [9.17, 15) is 9.90 Å². The Morgan fingerprint density at radius 1 is 1.43 bits per heavy atom. The predicted molar refractivity (Wildman–Crippen MR) is 55.5 cm³/mol. The molecule has 14 heavy (non-hydrogen) atoms. The highest BCUT2D eigenvalue weighted by atomic mass is 16.3. The third kappa shape index (κ3) is 3.14. The van der Waals surface area contributed by atoms with Crippen molar-refractivity contribution in [1.82, 2.24) is 5.32 Å². The van der Waals surface area contributed by atoms with E-state index < -0.39 is 6.23 Å². The van der Waals surface area contributed by atoms with E-state index in [1.165, 1.54) is 6.42 Å². The Bertz CT molecular complexity index is 219. The van der Waals surface area contributed by atoms with E-state index in [-0.39, 0.29) is 11.8 Å². The van der Waals surface area contributed by atoms with Crippen molar-refractivity contribution in [3.05, 3.63) is 12.2 Å². The van der Waals surface area contributed by atoms with E-state index in [0.29, 0.717) is 5.57 Å². The molecule has 0 spiro atoms. The minimum absolute atomic E-state index is 0.229. The first-order chi connectivity index (χ1) is 6.61. The van der Waals surface area contributed by atoms with Crippen molar-refractivity contribution in [2.24, 2.45) is 5.92 Å². The molecule has 0 saturated heterocycles. The van der Waals surface area contributed by atoms with Crippen LogP contribution in [0.1, 0.15) is 39.0 Å². The van der Waals surface area contributed by atoms with Gasteiger partial charge < -0.3 is 10.4 Å². The molecular formula is C11H19NO2. The molecule has 1 aliphatic rings. The Morgan fingerprint density at radius 2 is 2.00 bits per heavy atom. The van der Waals surface area contributed by atoms with Crippen LogP contribution in [-0.4, -0.2) is 17.2 Å². The highest BCUT2D eigenvalue weighted by Crippen LogP contribution is 2.25. The molecule has 1 amide bonds. The van der Waals surface area contributed by atoms with Gasteiger partial charge in [-0.05, 0) is 19.8 Å². The first-order valence-corrected chi connectivity index (χ1v) is 5.25. The van der Waals surface area contributed by atoms with E-state index in [1.54, 1.807) is 6.92 Å². The lowest BCUT2D eigenvalue weighted by Crippen LogP contribution is -2.41. The summed E-state index contributed by atoms with van der Waals surface area (Å²) in [6, 6.07) is 0. The van der Waals surface area contributed by atoms with Crippen molar-refractivity contribution in [2.75, 3.05) is 0 Å². The molecule has 0 aromatic heterocycles. The molecule has 0 radical (unpaired) electrons. The normalized spacial score (nSPS) is 20.1. The largest absolute Gasteiger partial charge is 0.373 e. The van der Waals surface area contributed by atoms with E-state index in [0.717, 1.165) is 25.7 Å². The van der Waals surface area contributed by atoms with E-state index in [4.69, 9.17) is 0 Å². The topological polar surface area (TPSA) is 49.3 Å². The highest BCUT2D eigenvalue weighted by molar-refractivity contribution is 5.92. The second kappa shape index (κ2) is 5.15. The molecule has 0 aliphatic heterocycles. The predicted octanol–water partition coefficient (Wildman–Crippen LogP) is 1.58. The summed E-state index contributed by atoms with van der Waals surface area (Å²) in [6.07, 6.45) is 4.89. The maximum absolute atomic E-state index is 11.2. The minimum atomic E-state index is -0.695. The van der Waals surface area contributed by atoms with Crippen molar-refractivity contribution in [3.63, 3.8) is 0 Å². The fraction of sp³-hybridized carbons (Fsp3) is 0.727. The maximum Gasteiger partial charge on any atom is 0.248 e. The molecule has 0 heterocycles. The molecule has 0 aromatic carbocycles. The van der Waals surface area contributed by atoms with Crippen molar-refractivity contribution >= 4 is 5.91 Å². The van der Waals surface area contributed by atoms with Crippen LogP contribution in [0.3, 0.4) is 0 Å². The molecule has 1 fully saturated rings. The molecule has 1 saturated carbocycles. The summed E-state index contributed by atoms with van der Waals surface area (Å²) >= 11 is 0. The van der Waals surface area contributed by atoms with Crippen molar-refractivity contribution in [1.29, 1.82) is 0 Å². The molecule has 1 unspecified atom stereocenters. The molecule has 1 aliphatic carbocycles. The number of aliphatic hydroxyl groups is 1. The lowest BCUT2D eigenvalue weighted by Gasteiger charge is -2.27.